The smallest absolute Gasteiger partial charge is 0.228 e. The van der Waals surface area contributed by atoms with Crippen LogP contribution in [0.15, 0.2) is 23.3 Å². The van der Waals surface area contributed by atoms with E-state index in [1.807, 2.05) is 6.92 Å². The van der Waals surface area contributed by atoms with Gasteiger partial charge >= 0.3 is 0 Å². The van der Waals surface area contributed by atoms with Gasteiger partial charge in [0, 0.05) is 12.3 Å². The average Bonchev–Trinajstić information content (AvgIpc) is 2.23. The largest absolute Gasteiger partial charge is 0.463 e. The molecule has 1 aromatic carbocycles. The van der Waals surface area contributed by atoms with Gasteiger partial charge in [-0.3, -0.25) is 5.43 Å². The standard InChI is InChI=1S/C10H12FN3O/c1-8-2-3-9(15-7-11)6-10(8)14-13-5-4-12/h2-6,12,14H,7H2,1H3/b12-4?,13-5-. The Kier molecular flexibility index (Phi) is 4.28. The molecule has 4 nitrogen and oxygen atoms in total. The highest BCUT2D eigenvalue weighted by molar-refractivity contribution is 6.14. The summed E-state index contributed by atoms with van der Waals surface area (Å²) in [6, 6.07) is 5.13. The minimum Gasteiger partial charge on any atom is -0.463 e. The highest BCUT2D eigenvalue weighted by atomic mass is 19.1. The van der Waals surface area contributed by atoms with Crippen molar-refractivity contribution in [1.82, 2.24) is 0 Å². The number of benzene rings is 1. The van der Waals surface area contributed by atoms with Crippen molar-refractivity contribution in [1.29, 1.82) is 5.41 Å². The zero-order valence-corrected chi connectivity index (χ0v) is 8.33. The van der Waals surface area contributed by atoms with Gasteiger partial charge in [0.2, 0.25) is 6.86 Å². The van der Waals surface area contributed by atoms with Crippen LogP contribution >= 0.6 is 0 Å². The molecular formula is C10H12FN3O. The Hall–Kier alpha value is -1.91. The molecule has 0 aromatic heterocycles. The third-order valence-corrected chi connectivity index (χ3v) is 1.76. The Morgan fingerprint density at radius 1 is 1.60 bits per heavy atom. The van der Waals surface area contributed by atoms with E-state index < -0.39 is 6.86 Å². The van der Waals surface area contributed by atoms with Crippen LogP contribution in [0.3, 0.4) is 0 Å². The average molecular weight is 209 g/mol. The second-order valence-electron chi connectivity index (χ2n) is 2.79. The van der Waals surface area contributed by atoms with E-state index in [1.165, 1.54) is 6.21 Å². The fraction of sp³-hybridized carbons (Fsp3) is 0.200. The van der Waals surface area contributed by atoms with Crippen molar-refractivity contribution < 1.29 is 9.13 Å². The van der Waals surface area contributed by atoms with Crippen molar-refractivity contribution in [3.05, 3.63) is 23.8 Å². The summed E-state index contributed by atoms with van der Waals surface area (Å²) in [5.41, 5.74) is 4.41. The van der Waals surface area contributed by atoms with Crippen LogP contribution in [-0.4, -0.2) is 19.3 Å². The first kappa shape index (κ1) is 11.2. The van der Waals surface area contributed by atoms with Gasteiger partial charge in [-0.05, 0) is 18.6 Å². The molecule has 2 N–H and O–H groups in total. The van der Waals surface area contributed by atoms with E-state index in [0.29, 0.717) is 5.75 Å². The molecule has 0 aliphatic carbocycles. The molecule has 5 heteroatoms. The maximum absolute atomic E-state index is 11.9. The molecule has 0 spiro atoms. The summed E-state index contributed by atoms with van der Waals surface area (Å²) < 4.78 is 16.6. The van der Waals surface area contributed by atoms with Crippen LogP contribution in [-0.2, 0) is 0 Å². The number of halogens is 1. The molecule has 0 unspecified atom stereocenters. The molecule has 0 heterocycles. The summed E-state index contributed by atoms with van der Waals surface area (Å²) in [6.45, 7) is 1.04. The molecular weight excluding hydrogens is 197 g/mol. The second kappa shape index (κ2) is 5.74. The van der Waals surface area contributed by atoms with E-state index in [9.17, 15) is 4.39 Å². The molecule has 0 amide bonds. The predicted octanol–water partition coefficient (Wildman–Crippen LogP) is 2.35. The molecule has 1 aromatic rings. The van der Waals surface area contributed by atoms with Crippen LogP contribution in [0, 0.1) is 12.3 Å². The quantitative estimate of drug-likeness (QED) is 0.577. The maximum Gasteiger partial charge on any atom is 0.228 e. The molecule has 0 bridgehead atoms. The molecule has 0 saturated carbocycles. The van der Waals surface area contributed by atoms with Gasteiger partial charge in [-0.25, -0.2) is 4.39 Å². The summed E-state index contributed by atoms with van der Waals surface area (Å²) in [5, 5.41) is 10.5. The van der Waals surface area contributed by atoms with Crippen molar-refractivity contribution in [2.75, 3.05) is 12.3 Å². The second-order valence-corrected chi connectivity index (χ2v) is 2.79. The van der Waals surface area contributed by atoms with E-state index in [1.54, 1.807) is 18.2 Å². The predicted molar refractivity (Wildman–Crippen MR) is 58.7 cm³/mol. The highest BCUT2D eigenvalue weighted by Gasteiger charge is 1.99. The van der Waals surface area contributed by atoms with Crippen LogP contribution in [0.4, 0.5) is 10.1 Å². The minimum atomic E-state index is -0.855. The first-order chi connectivity index (χ1) is 7.27. The number of alkyl halides is 1. The summed E-state index contributed by atoms with van der Waals surface area (Å²) in [6.07, 6.45) is 2.37. The molecule has 15 heavy (non-hydrogen) atoms. The number of rotatable bonds is 5. The lowest BCUT2D eigenvalue weighted by Gasteiger charge is -2.07. The SMILES string of the molecule is Cc1ccc(OCF)cc1N/N=C\C=N. The molecule has 1 rings (SSSR count). The molecule has 0 saturated heterocycles. The summed E-state index contributed by atoms with van der Waals surface area (Å²) in [7, 11) is 0. The molecule has 0 aliphatic heterocycles. The van der Waals surface area contributed by atoms with Gasteiger partial charge < -0.3 is 10.1 Å². The monoisotopic (exact) mass is 209 g/mol. The van der Waals surface area contributed by atoms with Gasteiger partial charge in [0.25, 0.3) is 0 Å². The normalized spacial score (nSPS) is 10.3. The fourth-order valence-corrected chi connectivity index (χ4v) is 1.02. The molecule has 0 fully saturated rings. The van der Waals surface area contributed by atoms with Gasteiger partial charge in [0.1, 0.15) is 5.75 Å². The van der Waals surface area contributed by atoms with E-state index in [0.717, 1.165) is 17.5 Å². The summed E-state index contributed by atoms with van der Waals surface area (Å²) in [5.74, 6) is 0.440. The van der Waals surface area contributed by atoms with Crippen LogP contribution in [0.25, 0.3) is 0 Å². The zero-order valence-electron chi connectivity index (χ0n) is 8.33. The highest BCUT2D eigenvalue weighted by Crippen LogP contribution is 2.21. The van der Waals surface area contributed by atoms with Crippen LogP contribution < -0.4 is 10.2 Å². The van der Waals surface area contributed by atoms with Crippen LogP contribution in [0.2, 0.25) is 0 Å². The minimum absolute atomic E-state index is 0.440. The molecule has 80 valence electrons. The number of anilines is 1. The Labute approximate surface area is 87.3 Å². The Bertz CT molecular complexity index is 366. The lowest BCUT2D eigenvalue weighted by atomic mass is 10.2. The van der Waals surface area contributed by atoms with Gasteiger partial charge in [0.15, 0.2) is 0 Å². The van der Waals surface area contributed by atoms with Gasteiger partial charge in [-0.2, -0.15) is 5.10 Å². The van der Waals surface area contributed by atoms with Gasteiger partial charge in [-0.1, -0.05) is 6.07 Å². The molecule has 0 aliphatic rings. The van der Waals surface area contributed by atoms with Gasteiger partial charge in [0.05, 0.1) is 11.9 Å². The third kappa shape index (κ3) is 3.38. The van der Waals surface area contributed by atoms with E-state index in [4.69, 9.17) is 10.1 Å². The summed E-state index contributed by atoms with van der Waals surface area (Å²) >= 11 is 0. The number of aryl methyl sites for hydroxylation is 1. The number of hydrogen-bond donors (Lipinski definition) is 2. The number of nitrogens with zero attached hydrogens (tertiary/aromatic N) is 1. The topological polar surface area (TPSA) is 57.5 Å². The number of hydrogen-bond acceptors (Lipinski definition) is 4. The van der Waals surface area contributed by atoms with Crippen LogP contribution in [0.5, 0.6) is 5.75 Å². The number of hydrazone groups is 1. The van der Waals surface area contributed by atoms with Crippen molar-refractivity contribution in [3.63, 3.8) is 0 Å². The fourth-order valence-electron chi connectivity index (χ4n) is 1.02. The van der Waals surface area contributed by atoms with Crippen molar-refractivity contribution in [3.8, 4) is 5.75 Å². The number of ether oxygens (including phenoxy) is 1. The third-order valence-electron chi connectivity index (χ3n) is 1.76. The van der Waals surface area contributed by atoms with Crippen molar-refractivity contribution in [2.45, 2.75) is 6.92 Å². The lowest BCUT2D eigenvalue weighted by molar-refractivity contribution is 0.192. The van der Waals surface area contributed by atoms with E-state index in [2.05, 4.69) is 10.5 Å². The van der Waals surface area contributed by atoms with Crippen LogP contribution in [0.1, 0.15) is 5.56 Å². The first-order valence-electron chi connectivity index (χ1n) is 4.35. The maximum atomic E-state index is 11.9. The Morgan fingerprint density at radius 3 is 3.07 bits per heavy atom. The van der Waals surface area contributed by atoms with Crippen molar-refractivity contribution >= 4 is 18.1 Å². The molecule has 0 radical (unpaired) electrons. The first-order valence-corrected chi connectivity index (χ1v) is 4.35. The Balaban J connectivity index is 2.80. The molecule has 0 atom stereocenters. The van der Waals surface area contributed by atoms with E-state index >= 15 is 0 Å². The lowest BCUT2D eigenvalue weighted by Crippen LogP contribution is -1.95. The zero-order chi connectivity index (χ0) is 11.1. The van der Waals surface area contributed by atoms with E-state index in [-0.39, 0.29) is 0 Å². The van der Waals surface area contributed by atoms with Crippen molar-refractivity contribution in [2.24, 2.45) is 5.10 Å². The van der Waals surface area contributed by atoms with Gasteiger partial charge in [-0.15, -0.1) is 0 Å². The number of nitrogens with one attached hydrogen (secondary N) is 2. The Morgan fingerprint density at radius 2 is 2.40 bits per heavy atom. The summed E-state index contributed by atoms with van der Waals surface area (Å²) in [4.78, 5) is 0.